The lowest BCUT2D eigenvalue weighted by Crippen LogP contribution is -2.38. The summed E-state index contributed by atoms with van der Waals surface area (Å²) in [5.74, 6) is 0.805. The van der Waals surface area contributed by atoms with Crippen molar-refractivity contribution in [1.29, 1.82) is 0 Å². The zero-order chi connectivity index (χ0) is 16.6. The zero-order valence-corrected chi connectivity index (χ0v) is 13.4. The highest BCUT2D eigenvalue weighted by Crippen LogP contribution is 2.17. The molecule has 5 nitrogen and oxygen atoms in total. The number of para-hydroxylation sites is 2. The maximum Gasteiger partial charge on any atom is 0.314 e. The van der Waals surface area contributed by atoms with Crippen LogP contribution in [0.3, 0.4) is 0 Å². The molecule has 0 aliphatic carbocycles. The quantitative estimate of drug-likeness (QED) is 0.585. The summed E-state index contributed by atoms with van der Waals surface area (Å²) in [6, 6.07) is 17.5. The second kappa shape index (κ2) is 8.06. The average molecular weight is 323 g/mol. The second-order valence-electron chi connectivity index (χ2n) is 5.45. The van der Waals surface area contributed by atoms with Gasteiger partial charge in [-0.2, -0.15) is 0 Å². The van der Waals surface area contributed by atoms with Crippen molar-refractivity contribution in [1.82, 2.24) is 15.6 Å². The molecule has 2 aromatic carbocycles. The molecule has 5 heteroatoms. The highest BCUT2D eigenvalue weighted by molar-refractivity contribution is 5.83. The van der Waals surface area contributed by atoms with Gasteiger partial charge in [-0.3, -0.25) is 0 Å². The summed E-state index contributed by atoms with van der Waals surface area (Å²) in [5, 5.41) is 6.86. The van der Waals surface area contributed by atoms with Crippen LogP contribution < -0.4 is 15.4 Å². The number of amides is 2. The zero-order valence-electron chi connectivity index (χ0n) is 13.4. The van der Waals surface area contributed by atoms with E-state index in [9.17, 15) is 4.79 Å². The van der Waals surface area contributed by atoms with Gasteiger partial charge in [-0.15, -0.1) is 0 Å². The van der Waals surface area contributed by atoms with Crippen molar-refractivity contribution >= 4 is 16.9 Å². The van der Waals surface area contributed by atoms with Crippen molar-refractivity contribution in [2.45, 2.75) is 6.42 Å². The predicted molar refractivity (Wildman–Crippen MR) is 95.3 cm³/mol. The Balaban J connectivity index is 1.34. The Morgan fingerprint density at radius 2 is 1.71 bits per heavy atom. The Kier molecular flexibility index (Phi) is 5.35. The maximum atomic E-state index is 11.8. The molecular formula is C19H21N3O2. The van der Waals surface area contributed by atoms with Crippen LogP contribution in [0.1, 0.15) is 5.56 Å². The van der Waals surface area contributed by atoms with Gasteiger partial charge in [-0.05, 0) is 30.2 Å². The molecule has 0 atom stereocenters. The van der Waals surface area contributed by atoms with Crippen molar-refractivity contribution in [3.63, 3.8) is 0 Å². The van der Waals surface area contributed by atoms with Gasteiger partial charge in [0, 0.05) is 23.6 Å². The van der Waals surface area contributed by atoms with E-state index in [2.05, 4.69) is 21.7 Å². The minimum absolute atomic E-state index is 0.175. The first-order valence-corrected chi connectivity index (χ1v) is 8.07. The van der Waals surface area contributed by atoms with E-state index in [1.54, 1.807) is 0 Å². The lowest BCUT2D eigenvalue weighted by atomic mass is 10.1. The summed E-state index contributed by atoms with van der Waals surface area (Å²) in [4.78, 5) is 15.0. The van der Waals surface area contributed by atoms with Gasteiger partial charge in [-0.1, -0.05) is 36.4 Å². The molecule has 1 heterocycles. The van der Waals surface area contributed by atoms with Crippen LogP contribution in [0.4, 0.5) is 4.79 Å². The topological polar surface area (TPSA) is 66.2 Å². The van der Waals surface area contributed by atoms with Gasteiger partial charge < -0.3 is 20.4 Å². The third-order valence-electron chi connectivity index (χ3n) is 3.75. The fourth-order valence-corrected chi connectivity index (χ4v) is 2.56. The molecule has 124 valence electrons. The number of carbonyl (C=O) groups excluding carboxylic acids is 1. The average Bonchev–Trinajstić information content (AvgIpc) is 3.03. The number of fused-ring (bicyclic) bond motifs is 1. The van der Waals surface area contributed by atoms with Gasteiger partial charge in [0.2, 0.25) is 0 Å². The molecular weight excluding hydrogens is 302 g/mol. The molecule has 0 fully saturated rings. The van der Waals surface area contributed by atoms with Gasteiger partial charge in [0.05, 0.1) is 6.54 Å². The Morgan fingerprint density at radius 3 is 2.58 bits per heavy atom. The molecule has 0 aliphatic rings. The van der Waals surface area contributed by atoms with Crippen molar-refractivity contribution < 1.29 is 9.53 Å². The van der Waals surface area contributed by atoms with Crippen LogP contribution in [0.2, 0.25) is 0 Å². The van der Waals surface area contributed by atoms with Gasteiger partial charge in [0.1, 0.15) is 12.4 Å². The van der Waals surface area contributed by atoms with E-state index >= 15 is 0 Å². The number of rotatable bonds is 7. The van der Waals surface area contributed by atoms with E-state index < -0.39 is 0 Å². The molecule has 0 saturated carbocycles. The van der Waals surface area contributed by atoms with E-state index in [1.807, 2.05) is 54.7 Å². The smallest absolute Gasteiger partial charge is 0.314 e. The summed E-state index contributed by atoms with van der Waals surface area (Å²) >= 11 is 0. The first kappa shape index (κ1) is 15.9. The lowest BCUT2D eigenvalue weighted by molar-refractivity contribution is 0.236. The monoisotopic (exact) mass is 323 g/mol. The number of aromatic amines is 1. The molecule has 0 aliphatic heterocycles. The van der Waals surface area contributed by atoms with Crippen LogP contribution in [0.5, 0.6) is 5.75 Å². The van der Waals surface area contributed by atoms with Gasteiger partial charge in [-0.25, -0.2) is 4.79 Å². The molecule has 0 unspecified atom stereocenters. The molecule has 2 amide bonds. The number of carbonyl (C=O) groups is 1. The summed E-state index contributed by atoms with van der Waals surface area (Å²) in [6.07, 6.45) is 2.79. The maximum absolute atomic E-state index is 11.8. The largest absolute Gasteiger partial charge is 0.492 e. The van der Waals surface area contributed by atoms with Crippen molar-refractivity contribution in [2.24, 2.45) is 0 Å². The Morgan fingerprint density at radius 1 is 0.958 bits per heavy atom. The Hall–Kier alpha value is -2.95. The van der Waals surface area contributed by atoms with Crippen molar-refractivity contribution in [3.05, 3.63) is 66.4 Å². The van der Waals surface area contributed by atoms with Gasteiger partial charge in [0.15, 0.2) is 0 Å². The van der Waals surface area contributed by atoms with Crippen LogP contribution in [-0.2, 0) is 6.42 Å². The van der Waals surface area contributed by atoms with Crippen LogP contribution in [-0.4, -0.2) is 30.7 Å². The molecule has 0 spiro atoms. The van der Waals surface area contributed by atoms with E-state index in [1.165, 1.54) is 10.9 Å². The number of H-pyrrole nitrogens is 1. The van der Waals surface area contributed by atoms with E-state index in [0.29, 0.717) is 19.7 Å². The number of ether oxygens (including phenoxy) is 1. The standard InChI is InChI=1S/C19H21N3O2/c23-19(21-12-13-24-16-6-2-1-3-7-16)20-11-10-15-14-22-18-9-5-4-8-17(15)18/h1-9,14,22H,10-13H2,(H2,20,21,23). The lowest BCUT2D eigenvalue weighted by Gasteiger charge is -2.09. The number of aromatic nitrogens is 1. The minimum Gasteiger partial charge on any atom is -0.492 e. The summed E-state index contributed by atoms with van der Waals surface area (Å²) < 4.78 is 5.52. The number of hydrogen-bond donors (Lipinski definition) is 3. The van der Waals surface area contributed by atoms with E-state index in [0.717, 1.165) is 17.7 Å². The number of urea groups is 1. The summed E-state index contributed by atoms with van der Waals surface area (Å²) in [6.45, 7) is 1.50. The molecule has 24 heavy (non-hydrogen) atoms. The first-order chi connectivity index (χ1) is 11.8. The Labute approximate surface area is 141 Å². The van der Waals surface area contributed by atoms with Crippen LogP contribution in [0, 0.1) is 0 Å². The van der Waals surface area contributed by atoms with E-state index in [-0.39, 0.29) is 6.03 Å². The molecule has 0 bridgehead atoms. The molecule has 3 rings (SSSR count). The highest BCUT2D eigenvalue weighted by Gasteiger charge is 2.04. The highest BCUT2D eigenvalue weighted by atomic mass is 16.5. The van der Waals surface area contributed by atoms with Crippen molar-refractivity contribution in [2.75, 3.05) is 19.7 Å². The van der Waals surface area contributed by atoms with Gasteiger partial charge in [0.25, 0.3) is 0 Å². The third kappa shape index (κ3) is 4.29. The molecule has 0 radical (unpaired) electrons. The molecule has 3 N–H and O–H groups in total. The molecule has 1 aromatic heterocycles. The fraction of sp³-hybridized carbons (Fsp3) is 0.211. The molecule has 3 aromatic rings. The number of hydrogen-bond acceptors (Lipinski definition) is 2. The number of benzene rings is 2. The summed E-state index contributed by atoms with van der Waals surface area (Å²) in [5.41, 5.74) is 2.33. The van der Waals surface area contributed by atoms with Crippen LogP contribution >= 0.6 is 0 Å². The second-order valence-corrected chi connectivity index (χ2v) is 5.45. The van der Waals surface area contributed by atoms with Crippen LogP contribution in [0.25, 0.3) is 10.9 Å². The normalized spacial score (nSPS) is 10.5. The predicted octanol–water partition coefficient (Wildman–Crippen LogP) is 3.09. The van der Waals surface area contributed by atoms with Crippen molar-refractivity contribution in [3.8, 4) is 5.75 Å². The molecule has 0 saturated heterocycles. The number of nitrogens with one attached hydrogen (secondary N) is 3. The summed E-state index contributed by atoms with van der Waals surface area (Å²) in [7, 11) is 0. The third-order valence-corrected chi connectivity index (χ3v) is 3.75. The first-order valence-electron chi connectivity index (χ1n) is 8.07. The minimum atomic E-state index is -0.175. The Bertz CT molecular complexity index is 783. The fourth-order valence-electron chi connectivity index (χ4n) is 2.56. The van der Waals surface area contributed by atoms with Gasteiger partial charge >= 0.3 is 6.03 Å². The SMILES string of the molecule is O=C(NCCOc1ccccc1)NCCc1c[nH]c2ccccc12. The van der Waals surface area contributed by atoms with Crippen LogP contribution in [0.15, 0.2) is 60.8 Å². The van der Waals surface area contributed by atoms with E-state index in [4.69, 9.17) is 4.74 Å².